The third kappa shape index (κ3) is 4.00. The summed E-state index contributed by atoms with van der Waals surface area (Å²) in [6.07, 6.45) is 3.99. The van der Waals surface area contributed by atoms with Crippen molar-refractivity contribution in [2.24, 2.45) is 0 Å². The molecule has 3 heterocycles. The van der Waals surface area contributed by atoms with Gasteiger partial charge in [0.1, 0.15) is 0 Å². The van der Waals surface area contributed by atoms with E-state index in [1.54, 1.807) is 0 Å². The normalized spacial score (nSPS) is 13.1. The maximum atomic E-state index is 6.33. The Kier molecular flexibility index (Phi) is 6.13. The number of nitrogens with zero attached hydrogens (tertiary/aromatic N) is 3. The molecule has 0 aliphatic carbocycles. The van der Waals surface area contributed by atoms with Crippen molar-refractivity contribution in [3.63, 3.8) is 0 Å². The first-order valence-corrected chi connectivity index (χ1v) is 13.6. The molecule has 40 heavy (non-hydrogen) atoms. The molecular formula is C34H21N3OPdS-4. The van der Waals surface area contributed by atoms with E-state index in [4.69, 9.17) is 4.74 Å². The van der Waals surface area contributed by atoms with Crippen molar-refractivity contribution in [1.82, 2.24) is 9.47 Å². The molecule has 198 valence electrons. The van der Waals surface area contributed by atoms with Crippen LogP contribution in [0.25, 0.3) is 47.7 Å². The van der Waals surface area contributed by atoms with E-state index in [0.717, 1.165) is 22.3 Å². The van der Waals surface area contributed by atoms with E-state index in [0.29, 0.717) is 11.5 Å². The van der Waals surface area contributed by atoms with Gasteiger partial charge in [-0.3, -0.25) is 0 Å². The number of benzene rings is 5. The van der Waals surface area contributed by atoms with Crippen molar-refractivity contribution in [2.45, 2.75) is 0 Å². The number of thiophene rings is 1. The van der Waals surface area contributed by atoms with Crippen LogP contribution in [0.4, 0.5) is 5.69 Å². The van der Waals surface area contributed by atoms with Crippen LogP contribution in [0.5, 0.6) is 11.5 Å². The van der Waals surface area contributed by atoms with Crippen LogP contribution < -0.4 is 9.64 Å². The van der Waals surface area contributed by atoms with Crippen molar-refractivity contribution in [2.75, 3.05) is 11.9 Å². The minimum atomic E-state index is 0. The molecular weight excluding hydrogens is 605 g/mol. The van der Waals surface area contributed by atoms with Crippen LogP contribution in [-0.2, 0) is 20.4 Å². The van der Waals surface area contributed by atoms with E-state index < -0.39 is 0 Å². The summed E-state index contributed by atoms with van der Waals surface area (Å²) >= 11 is 1.83. The molecule has 1 aliphatic rings. The van der Waals surface area contributed by atoms with Gasteiger partial charge in [-0.25, -0.2) is 0 Å². The summed E-state index contributed by atoms with van der Waals surface area (Å²) in [5.41, 5.74) is 4.02. The van der Waals surface area contributed by atoms with E-state index in [1.165, 1.54) is 31.1 Å². The SMILES string of the molecule is CN1C=CN(c2[c-]c(Oc3[c-]c4c(cc3)c3ccc5sc6ccccc6c5c3n4-c3[c-]cccc3)ccc2)[CH-]1.[Pd]. The van der Waals surface area contributed by atoms with Gasteiger partial charge >= 0.3 is 0 Å². The number of para-hydroxylation sites is 1. The van der Waals surface area contributed by atoms with Gasteiger partial charge in [-0.1, -0.05) is 35.5 Å². The van der Waals surface area contributed by atoms with E-state index in [1.807, 2.05) is 83.7 Å². The predicted octanol–water partition coefficient (Wildman–Crippen LogP) is 8.68. The third-order valence-electron chi connectivity index (χ3n) is 7.11. The maximum absolute atomic E-state index is 6.33. The molecule has 0 spiro atoms. The van der Waals surface area contributed by atoms with Crippen LogP contribution >= 0.6 is 11.3 Å². The van der Waals surface area contributed by atoms with Gasteiger partial charge < -0.3 is 19.1 Å². The average molecular weight is 626 g/mol. The summed E-state index contributed by atoms with van der Waals surface area (Å²) in [6, 6.07) is 41.7. The number of fused-ring (bicyclic) bond motifs is 7. The van der Waals surface area contributed by atoms with Gasteiger partial charge in [0.05, 0.1) is 0 Å². The van der Waals surface area contributed by atoms with Gasteiger partial charge in [-0.05, 0) is 37.0 Å². The van der Waals surface area contributed by atoms with E-state index in [2.05, 4.69) is 77.4 Å². The first kappa shape index (κ1) is 24.9. The summed E-state index contributed by atoms with van der Waals surface area (Å²) in [6.45, 7) is 2.00. The Morgan fingerprint density at radius 3 is 2.40 bits per heavy atom. The molecule has 7 aromatic rings. The molecule has 1 aliphatic heterocycles. The van der Waals surface area contributed by atoms with Crippen LogP contribution in [0.2, 0.25) is 0 Å². The van der Waals surface area contributed by atoms with Gasteiger partial charge in [-0.15, -0.1) is 58.8 Å². The van der Waals surface area contributed by atoms with Gasteiger partial charge in [0.25, 0.3) is 0 Å². The standard InChI is InChI=1S/C34H21N3OS.Pd/c1-35-18-19-36(22-35)24-10-7-11-25(20-24)38-26-14-15-27-28-16-17-32-33(29-12-5-6-13-31(29)39-32)34(28)37(30(27)21-26)23-8-3-2-4-9-23;/h2-8,10-19,22H,1H3;/q-4;. The molecule has 0 N–H and O–H groups in total. The molecule has 6 heteroatoms. The first-order chi connectivity index (χ1) is 19.2. The minimum absolute atomic E-state index is 0. The van der Waals surface area contributed by atoms with Gasteiger partial charge in [0.15, 0.2) is 0 Å². The van der Waals surface area contributed by atoms with Crippen molar-refractivity contribution in [1.29, 1.82) is 0 Å². The molecule has 5 aromatic carbocycles. The summed E-state index contributed by atoms with van der Waals surface area (Å²) in [5.74, 6) is 1.28. The van der Waals surface area contributed by atoms with E-state index >= 15 is 0 Å². The van der Waals surface area contributed by atoms with E-state index in [-0.39, 0.29) is 20.4 Å². The fourth-order valence-electron chi connectivity index (χ4n) is 5.40. The number of rotatable bonds is 4. The van der Waals surface area contributed by atoms with Crippen molar-refractivity contribution >= 4 is 59.0 Å². The summed E-state index contributed by atoms with van der Waals surface area (Å²) < 4.78 is 11.2. The maximum Gasteiger partial charge on any atom is 0.0469 e. The Morgan fingerprint density at radius 2 is 1.55 bits per heavy atom. The molecule has 0 fully saturated rings. The van der Waals surface area contributed by atoms with Crippen LogP contribution in [-0.4, -0.2) is 16.5 Å². The Balaban J connectivity index is 0.00000264. The Morgan fingerprint density at radius 1 is 0.725 bits per heavy atom. The van der Waals surface area contributed by atoms with Crippen LogP contribution in [0.1, 0.15) is 0 Å². The van der Waals surface area contributed by atoms with Crippen molar-refractivity contribution in [3.05, 3.63) is 128 Å². The number of hydrogen-bond acceptors (Lipinski definition) is 4. The zero-order valence-corrected chi connectivity index (χ0v) is 23.7. The molecule has 0 atom stereocenters. The van der Waals surface area contributed by atoms with Gasteiger partial charge in [-0.2, -0.15) is 43.1 Å². The summed E-state index contributed by atoms with van der Waals surface area (Å²) in [7, 11) is 2.00. The molecule has 0 bridgehead atoms. The zero-order chi connectivity index (χ0) is 25.9. The molecule has 2 aromatic heterocycles. The molecule has 0 saturated heterocycles. The number of ether oxygens (including phenoxy) is 1. The van der Waals surface area contributed by atoms with Gasteiger partial charge in [0, 0.05) is 57.6 Å². The molecule has 8 rings (SSSR count). The van der Waals surface area contributed by atoms with Crippen LogP contribution in [0, 0.1) is 24.9 Å². The van der Waals surface area contributed by atoms with Crippen LogP contribution in [0.3, 0.4) is 0 Å². The largest absolute Gasteiger partial charge is 0.510 e. The summed E-state index contributed by atoms with van der Waals surface area (Å²) in [4.78, 5) is 4.01. The predicted molar refractivity (Wildman–Crippen MR) is 160 cm³/mol. The Bertz CT molecular complexity index is 2060. The third-order valence-corrected chi connectivity index (χ3v) is 8.24. The molecule has 0 saturated carbocycles. The summed E-state index contributed by atoms with van der Waals surface area (Å²) in [5, 5.41) is 4.85. The minimum Gasteiger partial charge on any atom is -0.510 e. The number of aromatic nitrogens is 1. The second-order valence-corrected chi connectivity index (χ2v) is 10.7. The second kappa shape index (κ2) is 9.83. The zero-order valence-electron chi connectivity index (χ0n) is 21.4. The molecule has 4 nitrogen and oxygen atoms in total. The topological polar surface area (TPSA) is 20.6 Å². The number of anilines is 1. The number of hydrogen-bond donors (Lipinski definition) is 0. The van der Waals surface area contributed by atoms with E-state index in [9.17, 15) is 0 Å². The average Bonchev–Trinajstić information content (AvgIpc) is 3.66. The molecule has 0 radical (unpaired) electrons. The molecule has 0 unspecified atom stereocenters. The fraction of sp³-hybridized carbons (Fsp3) is 0.0294. The Labute approximate surface area is 250 Å². The smallest absolute Gasteiger partial charge is 0.0469 e. The van der Waals surface area contributed by atoms with Crippen molar-refractivity contribution in [3.8, 4) is 17.2 Å². The molecule has 0 amide bonds. The first-order valence-electron chi connectivity index (χ1n) is 12.7. The van der Waals surface area contributed by atoms with Gasteiger partial charge in [0.2, 0.25) is 0 Å². The fourth-order valence-corrected chi connectivity index (χ4v) is 6.51. The Hall–Kier alpha value is -4.08. The van der Waals surface area contributed by atoms with Crippen molar-refractivity contribution < 1.29 is 25.2 Å². The second-order valence-electron chi connectivity index (χ2n) is 9.59. The quantitative estimate of drug-likeness (QED) is 0.144. The van der Waals surface area contributed by atoms with Crippen LogP contribution in [0.15, 0.2) is 103 Å². The monoisotopic (exact) mass is 625 g/mol.